The molecule has 0 saturated carbocycles. The standard InChI is InChI=1S/C55H93NO7/c1-6-8-10-12-14-16-18-20-22-24-25-26-27-28-30-32-34-36-38-40-42-44-46-54(58)63-51(49-61-48-47-52(55(59)60)56(3,4)5)50-62-53(57)45-43-41-39-37-35-33-31-29-23-21-19-17-15-13-11-9-7-2/h9,11,13,15,17,19,21,23,27-29,31,33,35,51-52H,6-8,10,12,14,16,18,20,22,24-26,30,32,34,36-50H2,1-5H3/p+1/b11-9+,15-13+,19-17+,23-21+,28-27+,31-29+,35-33+. The van der Waals surface area contributed by atoms with Gasteiger partial charge in [0, 0.05) is 19.3 Å². The molecule has 0 aliphatic carbocycles. The van der Waals surface area contributed by atoms with E-state index in [0.717, 1.165) is 51.4 Å². The summed E-state index contributed by atoms with van der Waals surface area (Å²) in [5, 5.41) is 9.65. The van der Waals surface area contributed by atoms with E-state index in [9.17, 15) is 19.5 Å². The van der Waals surface area contributed by atoms with Crippen molar-refractivity contribution >= 4 is 17.9 Å². The van der Waals surface area contributed by atoms with Crippen LogP contribution in [0.25, 0.3) is 0 Å². The second-order valence-corrected chi connectivity index (χ2v) is 17.8. The highest BCUT2D eigenvalue weighted by molar-refractivity contribution is 5.72. The van der Waals surface area contributed by atoms with Crippen molar-refractivity contribution in [3.05, 3.63) is 85.1 Å². The van der Waals surface area contributed by atoms with Gasteiger partial charge in [-0.05, 0) is 57.8 Å². The Kier molecular flexibility index (Phi) is 42.6. The molecule has 63 heavy (non-hydrogen) atoms. The third kappa shape index (κ3) is 43.5. The Morgan fingerprint density at radius 2 is 0.905 bits per heavy atom. The zero-order valence-electron chi connectivity index (χ0n) is 41.0. The second-order valence-electron chi connectivity index (χ2n) is 17.8. The van der Waals surface area contributed by atoms with Crippen LogP contribution in [0.1, 0.15) is 194 Å². The van der Waals surface area contributed by atoms with Crippen molar-refractivity contribution in [2.24, 2.45) is 0 Å². The minimum absolute atomic E-state index is 0.0403. The highest BCUT2D eigenvalue weighted by Gasteiger charge is 2.31. The third-order valence-corrected chi connectivity index (χ3v) is 10.9. The van der Waals surface area contributed by atoms with Crippen molar-refractivity contribution in [1.29, 1.82) is 0 Å². The summed E-state index contributed by atoms with van der Waals surface area (Å²) in [5.41, 5.74) is 0. The molecule has 0 aromatic carbocycles. The Balaban J connectivity index is 4.34. The number of hydrogen-bond acceptors (Lipinski definition) is 6. The first-order chi connectivity index (χ1) is 30.6. The predicted molar refractivity (Wildman–Crippen MR) is 266 cm³/mol. The number of aliphatic carboxylic acids is 1. The van der Waals surface area contributed by atoms with E-state index in [1.807, 2.05) is 81.9 Å². The molecular weight excluding hydrogens is 787 g/mol. The number of nitrogens with zero attached hydrogens (tertiary/aromatic N) is 1. The first-order valence-corrected chi connectivity index (χ1v) is 25.2. The molecule has 0 aliphatic heterocycles. The lowest BCUT2D eigenvalue weighted by atomic mass is 10.0. The molecule has 0 fully saturated rings. The predicted octanol–water partition coefficient (Wildman–Crippen LogP) is 14.5. The van der Waals surface area contributed by atoms with Gasteiger partial charge in [0.15, 0.2) is 12.1 Å². The summed E-state index contributed by atoms with van der Waals surface area (Å²) in [6.07, 6.45) is 59.2. The highest BCUT2D eigenvalue weighted by Crippen LogP contribution is 2.15. The fraction of sp³-hybridized carbons (Fsp3) is 0.691. The number of likely N-dealkylation sites (N-methyl/N-ethyl adjacent to an activating group) is 1. The van der Waals surface area contributed by atoms with E-state index in [1.54, 1.807) is 0 Å². The number of esters is 2. The van der Waals surface area contributed by atoms with Gasteiger partial charge in [-0.1, -0.05) is 202 Å². The fourth-order valence-corrected chi connectivity index (χ4v) is 7.06. The average molecular weight is 881 g/mol. The largest absolute Gasteiger partial charge is 0.477 e. The summed E-state index contributed by atoms with van der Waals surface area (Å²) >= 11 is 0. The normalized spacial score (nSPS) is 13.6. The van der Waals surface area contributed by atoms with Crippen molar-refractivity contribution in [1.82, 2.24) is 0 Å². The molecular formula is C55H94NO7+. The van der Waals surface area contributed by atoms with Gasteiger partial charge in [-0.25, -0.2) is 4.79 Å². The van der Waals surface area contributed by atoms with E-state index >= 15 is 0 Å². The van der Waals surface area contributed by atoms with Gasteiger partial charge in [-0.15, -0.1) is 0 Å². The lowest BCUT2D eigenvalue weighted by molar-refractivity contribution is -0.887. The maximum absolute atomic E-state index is 12.8. The lowest BCUT2D eigenvalue weighted by Gasteiger charge is -2.31. The summed E-state index contributed by atoms with van der Waals surface area (Å²) in [6.45, 7) is 4.54. The molecule has 0 rings (SSSR count). The van der Waals surface area contributed by atoms with E-state index in [0.29, 0.717) is 19.3 Å². The Hall–Kier alpha value is -3.49. The lowest BCUT2D eigenvalue weighted by Crippen LogP contribution is -2.50. The van der Waals surface area contributed by atoms with Crippen LogP contribution in [0.2, 0.25) is 0 Å². The number of allylic oxidation sites excluding steroid dienone is 14. The second kappa shape index (κ2) is 45.1. The minimum atomic E-state index is -0.885. The van der Waals surface area contributed by atoms with Crippen LogP contribution in [0.5, 0.6) is 0 Å². The highest BCUT2D eigenvalue weighted by atomic mass is 16.6. The molecule has 0 aromatic heterocycles. The Morgan fingerprint density at radius 3 is 1.38 bits per heavy atom. The van der Waals surface area contributed by atoms with Gasteiger partial charge in [-0.3, -0.25) is 9.59 Å². The third-order valence-electron chi connectivity index (χ3n) is 10.9. The first-order valence-electron chi connectivity index (χ1n) is 25.2. The fourth-order valence-electron chi connectivity index (χ4n) is 7.06. The number of carbonyl (C=O) groups excluding carboxylic acids is 2. The van der Waals surface area contributed by atoms with Crippen LogP contribution in [-0.2, 0) is 28.6 Å². The molecule has 0 spiro atoms. The summed E-state index contributed by atoms with van der Waals surface area (Å²) in [6, 6.07) is -0.628. The van der Waals surface area contributed by atoms with Crippen LogP contribution in [-0.4, -0.2) is 80.6 Å². The Morgan fingerprint density at radius 1 is 0.492 bits per heavy atom. The van der Waals surface area contributed by atoms with Crippen LogP contribution in [0.4, 0.5) is 0 Å². The van der Waals surface area contributed by atoms with Crippen LogP contribution < -0.4 is 0 Å². The summed E-state index contributed by atoms with van der Waals surface area (Å²) < 4.78 is 17.3. The summed E-state index contributed by atoms with van der Waals surface area (Å²) in [5.74, 6) is -1.53. The molecule has 0 heterocycles. The number of hydrogen-bond donors (Lipinski definition) is 1. The van der Waals surface area contributed by atoms with E-state index in [-0.39, 0.29) is 36.2 Å². The zero-order chi connectivity index (χ0) is 46.3. The Bertz CT molecular complexity index is 1300. The average Bonchev–Trinajstić information content (AvgIpc) is 3.24. The van der Waals surface area contributed by atoms with Crippen molar-refractivity contribution in [3.8, 4) is 0 Å². The van der Waals surface area contributed by atoms with Gasteiger partial charge in [0.05, 0.1) is 34.4 Å². The van der Waals surface area contributed by atoms with E-state index in [1.165, 1.54) is 109 Å². The van der Waals surface area contributed by atoms with Gasteiger partial charge in [0.25, 0.3) is 0 Å². The van der Waals surface area contributed by atoms with Gasteiger partial charge in [0.1, 0.15) is 6.61 Å². The number of carboxylic acid groups (broad SMARTS) is 1. The zero-order valence-corrected chi connectivity index (χ0v) is 41.0. The quantitative estimate of drug-likeness (QED) is 0.0214. The molecule has 0 radical (unpaired) electrons. The number of ether oxygens (including phenoxy) is 3. The van der Waals surface area contributed by atoms with Crippen molar-refractivity contribution in [3.63, 3.8) is 0 Å². The smallest absolute Gasteiger partial charge is 0.362 e. The molecule has 8 heteroatoms. The molecule has 0 amide bonds. The Labute approximate surface area is 386 Å². The maximum Gasteiger partial charge on any atom is 0.362 e. The van der Waals surface area contributed by atoms with E-state index < -0.39 is 18.1 Å². The van der Waals surface area contributed by atoms with Crippen LogP contribution >= 0.6 is 0 Å². The first kappa shape index (κ1) is 59.5. The van der Waals surface area contributed by atoms with Gasteiger partial charge >= 0.3 is 17.9 Å². The van der Waals surface area contributed by atoms with Crippen LogP contribution in [0, 0.1) is 0 Å². The van der Waals surface area contributed by atoms with E-state index in [2.05, 4.69) is 38.2 Å². The van der Waals surface area contributed by atoms with Crippen LogP contribution in [0.15, 0.2) is 85.1 Å². The summed E-state index contributed by atoms with van der Waals surface area (Å²) in [7, 11) is 5.51. The molecule has 360 valence electrons. The number of carboxylic acids is 1. The number of carbonyl (C=O) groups is 3. The molecule has 8 nitrogen and oxygen atoms in total. The number of rotatable bonds is 44. The molecule has 0 aliphatic rings. The topological polar surface area (TPSA) is 99.1 Å². The van der Waals surface area contributed by atoms with Gasteiger partial charge in [0.2, 0.25) is 0 Å². The van der Waals surface area contributed by atoms with Crippen molar-refractivity contribution in [2.45, 2.75) is 206 Å². The molecule has 1 N–H and O–H groups in total. The van der Waals surface area contributed by atoms with Crippen molar-refractivity contribution < 1.29 is 38.2 Å². The summed E-state index contributed by atoms with van der Waals surface area (Å²) in [4.78, 5) is 37.1. The van der Waals surface area contributed by atoms with Crippen molar-refractivity contribution in [2.75, 3.05) is 41.0 Å². The molecule has 2 unspecified atom stereocenters. The van der Waals surface area contributed by atoms with Gasteiger partial charge < -0.3 is 23.8 Å². The monoisotopic (exact) mass is 881 g/mol. The number of quaternary nitrogens is 1. The maximum atomic E-state index is 12.8. The van der Waals surface area contributed by atoms with Crippen LogP contribution in [0.3, 0.4) is 0 Å². The SMILES string of the molecule is CC/C=C/C=C/C=C/C=C/C=C/C=C/CCCCCC(=O)OCC(COCCC(C(=O)O)[N+](C)(C)C)OC(=O)CCCCCCCCC/C=C/CCCCCCCCCCCCC. The van der Waals surface area contributed by atoms with Gasteiger partial charge in [-0.2, -0.15) is 0 Å². The molecule has 0 bridgehead atoms. The molecule has 2 atom stereocenters. The molecule has 0 aromatic rings. The van der Waals surface area contributed by atoms with E-state index in [4.69, 9.17) is 14.2 Å². The number of unbranched alkanes of at least 4 members (excludes halogenated alkanes) is 21. The minimum Gasteiger partial charge on any atom is -0.477 e. The molecule has 0 saturated heterocycles.